The van der Waals surface area contributed by atoms with E-state index in [1.54, 1.807) is 18.2 Å². The summed E-state index contributed by atoms with van der Waals surface area (Å²) in [4.78, 5) is 25.9. The van der Waals surface area contributed by atoms with Gasteiger partial charge in [-0.3, -0.25) is 4.57 Å². The minimum absolute atomic E-state index is 0.0836. The van der Waals surface area contributed by atoms with E-state index < -0.39 is 11.7 Å². The fraction of sp³-hybridized carbons (Fsp3) is 0. The molecule has 0 aliphatic heterocycles. The number of carboxylic acid groups (broad SMARTS) is 1. The highest BCUT2D eigenvalue weighted by Gasteiger charge is 2.14. The van der Waals surface area contributed by atoms with Gasteiger partial charge in [0.15, 0.2) is 0 Å². The molecule has 0 aliphatic carbocycles. The summed E-state index contributed by atoms with van der Waals surface area (Å²) in [6.07, 6.45) is 0. The van der Waals surface area contributed by atoms with Gasteiger partial charge in [-0.25, -0.2) is 9.59 Å². The molecule has 0 aliphatic rings. The summed E-state index contributed by atoms with van der Waals surface area (Å²) in [5.74, 6) is -1.07. The number of carboxylic acids is 1. The third kappa shape index (κ3) is 2.30. The molecule has 0 radical (unpaired) electrons. The molecule has 21 heavy (non-hydrogen) atoms. The first-order chi connectivity index (χ1) is 9.97. The maximum absolute atomic E-state index is 12.1. The zero-order valence-corrected chi connectivity index (χ0v) is 11.9. The Balaban J connectivity index is 2.35. The molecular weight excluding hydrogens is 315 g/mol. The molecule has 0 unspecified atom stereocenters. The molecule has 2 aromatic carbocycles. The average molecular weight is 323 g/mol. The number of H-pyrrole nitrogens is 1. The molecule has 1 aromatic heterocycles. The molecule has 0 atom stereocenters. The minimum atomic E-state index is -1.07. The van der Waals surface area contributed by atoms with Crippen LogP contribution in [0.3, 0.4) is 0 Å². The topological polar surface area (TPSA) is 75.1 Å². The quantitative estimate of drug-likeness (QED) is 0.759. The summed E-state index contributed by atoms with van der Waals surface area (Å²) in [6, 6.07) is 9.11. The maximum Gasteiger partial charge on any atom is 0.335 e. The highest BCUT2D eigenvalue weighted by molar-refractivity contribution is 6.35. The number of halogens is 2. The van der Waals surface area contributed by atoms with E-state index >= 15 is 0 Å². The SMILES string of the molecule is O=C(O)c1ccc2[nH]c(=O)n(-c3ccc(Cl)cc3Cl)c2c1. The first-order valence-electron chi connectivity index (χ1n) is 5.91. The molecule has 106 valence electrons. The van der Waals surface area contributed by atoms with Gasteiger partial charge in [0.1, 0.15) is 0 Å². The lowest BCUT2D eigenvalue weighted by atomic mass is 10.2. The smallest absolute Gasteiger partial charge is 0.335 e. The predicted molar refractivity (Wildman–Crippen MR) is 80.9 cm³/mol. The summed E-state index contributed by atoms with van der Waals surface area (Å²) < 4.78 is 1.32. The van der Waals surface area contributed by atoms with Crippen molar-refractivity contribution < 1.29 is 9.90 Å². The number of nitrogens with zero attached hydrogens (tertiary/aromatic N) is 1. The first kappa shape index (κ1) is 13.7. The van der Waals surface area contributed by atoms with E-state index in [1.807, 2.05) is 0 Å². The van der Waals surface area contributed by atoms with E-state index in [9.17, 15) is 9.59 Å². The van der Waals surface area contributed by atoms with Gasteiger partial charge in [0.05, 0.1) is 27.3 Å². The van der Waals surface area contributed by atoms with Gasteiger partial charge in [-0.2, -0.15) is 0 Å². The lowest BCUT2D eigenvalue weighted by molar-refractivity contribution is 0.0697. The van der Waals surface area contributed by atoms with Crippen LogP contribution in [0.15, 0.2) is 41.2 Å². The maximum atomic E-state index is 12.1. The Morgan fingerprint density at radius 3 is 2.57 bits per heavy atom. The second-order valence-corrected chi connectivity index (χ2v) is 5.24. The lowest BCUT2D eigenvalue weighted by Gasteiger charge is -2.06. The van der Waals surface area contributed by atoms with Crippen LogP contribution in [0, 0.1) is 0 Å². The zero-order chi connectivity index (χ0) is 15.1. The van der Waals surface area contributed by atoms with Crippen LogP contribution in [0.25, 0.3) is 16.7 Å². The molecule has 2 N–H and O–H groups in total. The molecule has 1 heterocycles. The van der Waals surface area contributed by atoms with Gasteiger partial charge in [-0.15, -0.1) is 0 Å². The largest absolute Gasteiger partial charge is 0.478 e. The van der Waals surface area contributed by atoms with Gasteiger partial charge < -0.3 is 10.1 Å². The fourth-order valence-electron chi connectivity index (χ4n) is 2.14. The van der Waals surface area contributed by atoms with Gasteiger partial charge in [0.2, 0.25) is 0 Å². The van der Waals surface area contributed by atoms with E-state index in [1.165, 1.54) is 22.8 Å². The number of fused-ring (bicyclic) bond motifs is 1. The number of hydrogen-bond acceptors (Lipinski definition) is 2. The fourth-order valence-corrected chi connectivity index (χ4v) is 2.63. The number of benzene rings is 2. The van der Waals surface area contributed by atoms with Gasteiger partial charge in [-0.05, 0) is 36.4 Å². The molecule has 5 nitrogen and oxygen atoms in total. The second kappa shape index (κ2) is 4.95. The Bertz CT molecular complexity index is 928. The van der Waals surface area contributed by atoms with Crippen LogP contribution in [0.4, 0.5) is 0 Å². The van der Waals surface area contributed by atoms with E-state index in [4.69, 9.17) is 28.3 Å². The molecule has 0 spiro atoms. The molecule has 0 fully saturated rings. The van der Waals surface area contributed by atoms with Gasteiger partial charge in [0, 0.05) is 5.02 Å². The Kier molecular flexibility index (Phi) is 3.23. The third-order valence-corrected chi connectivity index (χ3v) is 3.62. The summed E-state index contributed by atoms with van der Waals surface area (Å²) in [5, 5.41) is 9.81. The van der Waals surface area contributed by atoms with Crippen molar-refractivity contribution in [2.24, 2.45) is 0 Å². The standard InChI is InChI=1S/C14H8Cl2N2O3/c15-8-2-4-11(9(16)6-8)18-12-5-7(13(19)20)1-3-10(12)17-14(18)21/h1-6H,(H,17,21)(H,19,20). The zero-order valence-electron chi connectivity index (χ0n) is 10.4. The predicted octanol–water partition coefficient (Wildman–Crippen LogP) is 3.32. The highest BCUT2D eigenvalue weighted by atomic mass is 35.5. The third-order valence-electron chi connectivity index (χ3n) is 3.08. The average Bonchev–Trinajstić information content (AvgIpc) is 2.74. The summed E-state index contributed by atoms with van der Waals surface area (Å²) >= 11 is 12.0. The van der Waals surface area contributed by atoms with Crippen LogP contribution >= 0.6 is 23.2 Å². The first-order valence-corrected chi connectivity index (χ1v) is 6.66. The number of nitrogens with one attached hydrogen (secondary N) is 1. The van der Waals surface area contributed by atoms with E-state index in [0.717, 1.165) is 0 Å². The molecule has 0 bridgehead atoms. The Morgan fingerprint density at radius 2 is 1.90 bits per heavy atom. The van der Waals surface area contributed by atoms with Crippen molar-refractivity contribution in [2.45, 2.75) is 0 Å². The van der Waals surface area contributed by atoms with Crippen LogP contribution in [0.1, 0.15) is 10.4 Å². The summed E-state index contributed by atoms with van der Waals surface area (Å²) in [6.45, 7) is 0. The number of aromatic nitrogens is 2. The van der Waals surface area contributed by atoms with E-state index in [0.29, 0.717) is 26.8 Å². The Hall–Kier alpha value is -2.24. The number of hydrogen-bond donors (Lipinski definition) is 2. The van der Waals surface area contributed by atoms with Crippen LogP contribution in [0.2, 0.25) is 10.0 Å². The van der Waals surface area contributed by atoms with Crippen molar-refractivity contribution in [2.75, 3.05) is 0 Å². The highest BCUT2D eigenvalue weighted by Crippen LogP contribution is 2.26. The molecule has 0 amide bonds. The number of aromatic amines is 1. The lowest BCUT2D eigenvalue weighted by Crippen LogP contribution is -2.15. The van der Waals surface area contributed by atoms with Crippen LogP contribution < -0.4 is 5.69 Å². The normalized spacial score (nSPS) is 11.0. The van der Waals surface area contributed by atoms with Gasteiger partial charge >= 0.3 is 11.7 Å². The van der Waals surface area contributed by atoms with Crippen molar-refractivity contribution in [1.29, 1.82) is 0 Å². The summed E-state index contributed by atoms with van der Waals surface area (Å²) in [5.41, 5.74) is 1.07. The molecule has 3 rings (SSSR count). The molecule has 3 aromatic rings. The second-order valence-electron chi connectivity index (χ2n) is 4.40. The number of carbonyl (C=O) groups is 1. The number of rotatable bonds is 2. The number of imidazole rings is 1. The molecule has 7 heteroatoms. The van der Waals surface area contributed by atoms with E-state index in [-0.39, 0.29) is 5.56 Å². The monoisotopic (exact) mass is 322 g/mol. The van der Waals surface area contributed by atoms with Crippen molar-refractivity contribution in [3.8, 4) is 5.69 Å². The molecule has 0 saturated carbocycles. The molecule has 0 saturated heterocycles. The van der Waals surface area contributed by atoms with Gasteiger partial charge in [-0.1, -0.05) is 23.2 Å². The van der Waals surface area contributed by atoms with Crippen molar-refractivity contribution in [3.05, 3.63) is 62.5 Å². The van der Waals surface area contributed by atoms with Gasteiger partial charge in [0.25, 0.3) is 0 Å². The van der Waals surface area contributed by atoms with Crippen molar-refractivity contribution in [1.82, 2.24) is 9.55 Å². The Morgan fingerprint density at radius 1 is 1.14 bits per heavy atom. The number of aromatic carboxylic acids is 1. The van der Waals surface area contributed by atoms with Crippen LogP contribution in [-0.4, -0.2) is 20.6 Å². The van der Waals surface area contributed by atoms with Crippen molar-refractivity contribution >= 4 is 40.2 Å². The summed E-state index contributed by atoms with van der Waals surface area (Å²) in [7, 11) is 0. The van der Waals surface area contributed by atoms with Crippen LogP contribution in [-0.2, 0) is 0 Å². The molecular formula is C14H8Cl2N2O3. The van der Waals surface area contributed by atoms with Crippen molar-refractivity contribution in [3.63, 3.8) is 0 Å². The van der Waals surface area contributed by atoms with E-state index in [2.05, 4.69) is 4.98 Å². The Labute approximate surface area is 128 Å². The van der Waals surface area contributed by atoms with Crippen LogP contribution in [0.5, 0.6) is 0 Å². The minimum Gasteiger partial charge on any atom is -0.478 e.